The fourth-order valence-electron chi connectivity index (χ4n) is 1.20. The van der Waals surface area contributed by atoms with E-state index in [1.807, 2.05) is 6.92 Å². The van der Waals surface area contributed by atoms with Gasteiger partial charge in [-0.1, -0.05) is 13.8 Å². The number of aryl methyl sites for hydroxylation is 1. The van der Waals surface area contributed by atoms with Crippen molar-refractivity contribution in [3.8, 4) is 0 Å². The number of rotatable bonds is 3. The Kier molecular flexibility index (Phi) is 3.34. The highest BCUT2D eigenvalue weighted by molar-refractivity contribution is 7.91. The van der Waals surface area contributed by atoms with E-state index < -0.39 is 10.0 Å². The summed E-state index contributed by atoms with van der Waals surface area (Å²) in [5.74, 6) is 0.528. The van der Waals surface area contributed by atoms with Gasteiger partial charge in [-0.25, -0.2) is 13.6 Å². The van der Waals surface area contributed by atoms with Gasteiger partial charge in [0.15, 0.2) is 0 Å². The van der Waals surface area contributed by atoms with E-state index in [-0.39, 0.29) is 4.21 Å². The van der Waals surface area contributed by atoms with Crippen molar-refractivity contribution in [3.63, 3.8) is 0 Å². The van der Waals surface area contributed by atoms with Crippen molar-refractivity contribution in [1.82, 2.24) is 0 Å². The van der Waals surface area contributed by atoms with Crippen molar-refractivity contribution in [2.45, 2.75) is 31.4 Å². The first-order valence-corrected chi connectivity index (χ1v) is 6.79. The molecule has 2 N–H and O–H groups in total. The molecule has 0 amide bonds. The summed E-state index contributed by atoms with van der Waals surface area (Å²) in [5.41, 5.74) is 1.02. The van der Waals surface area contributed by atoms with Gasteiger partial charge in [0.1, 0.15) is 4.21 Å². The van der Waals surface area contributed by atoms with Crippen LogP contribution < -0.4 is 5.14 Å². The second kappa shape index (κ2) is 4.00. The highest BCUT2D eigenvalue weighted by Gasteiger charge is 2.14. The van der Waals surface area contributed by atoms with E-state index in [1.54, 1.807) is 6.07 Å². The summed E-state index contributed by atoms with van der Waals surface area (Å²) < 4.78 is 22.4. The van der Waals surface area contributed by atoms with Crippen molar-refractivity contribution >= 4 is 21.4 Å². The van der Waals surface area contributed by atoms with Crippen LogP contribution in [0.4, 0.5) is 0 Å². The number of thiophene rings is 1. The molecule has 0 aromatic carbocycles. The molecule has 0 atom stereocenters. The third-order valence-electron chi connectivity index (χ3n) is 1.87. The van der Waals surface area contributed by atoms with Crippen LogP contribution in [-0.4, -0.2) is 8.42 Å². The highest BCUT2D eigenvalue weighted by atomic mass is 32.2. The van der Waals surface area contributed by atoms with Crippen molar-refractivity contribution in [1.29, 1.82) is 0 Å². The molecule has 1 aromatic heterocycles. The topological polar surface area (TPSA) is 60.2 Å². The van der Waals surface area contributed by atoms with Gasteiger partial charge in [0.05, 0.1) is 0 Å². The van der Waals surface area contributed by atoms with Crippen LogP contribution in [0.25, 0.3) is 0 Å². The third kappa shape index (κ3) is 2.80. The molecule has 1 rings (SSSR count). The first-order chi connectivity index (χ1) is 6.30. The molecule has 14 heavy (non-hydrogen) atoms. The number of hydrogen-bond acceptors (Lipinski definition) is 3. The van der Waals surface area contributed by atoms with Gasteiger partial charge >= 0.3 is 0 Å². The average Bonchev–Trinajstić information content (AvgIpc) is 2.30. The summed E-state index contributed by atoms with van der Waals surface area (Å²) >= 11 is 1.28. The third-order valence-corrected chi connectivity index (χ3v) is 4.55. The zero-order valence-electron chi connectivity index (χ0n) is 8.57. The lowest BCUT2D eigenvalue weighted by Crippen LogP contribution is -2.09. The second-order valence-electron chi connectivity index (χ2n) is 3.81. The lowest BCUT2D eigenvalue weighted by Gasteiger charge is -2.01. The van der Waals surface area contributed by atoms with Crippen LogP contribution in [0.5, 0.6) is 0 Å². The minimum atomic E-state index is -3.52. The van der Waals surface area contributed by atoms with Crippen molar-refractivity contribution < 1.29 is 8.42 Å². The van der Waals surface area contributed by atoms with E-state index in [0.717, 1.165) is 16.9 Å². The van der Waals surface area contributed by atoms with Crippen LogP contribution in [0.15, 0.2) is 10.3 Å². The van der Waals surface area contributed by atoms with Gasteiger partial charge in [-0.2, -0.15) is 0 Å². The quantitative estimate of drug-likeness (QED) is 0.866. The Balaban J connectivity index is 3.06. The Morgan fingerprint density at radius 2 is 2.07 bits per heavy atom. The van der Waals surface area contributed by atoms with E-state index in [2.05, 4.69) is 13.8 Å². The predicted molar refractivity (Wildman–Crippen MR) is 59.0 cm³/mol. The fraction of sp³-hybridized carbons (Fsp3) is 0.556. The van der Waals surface area contributed by atoms with E-state index in [1.165, 1.54) is 11.3 Å². The van der Waals surface area contributed by atoms with Gasteiger partial charge in [-0.3, -0.25) is 0 Å². The van der Waals surface area contributed by atoms with Gasteiger partial charge in [0, 0.05) is 4.88 Å². The molecule has 0 radical (unpaired) electrons. The molecule has 3 nitrogen and oxygen atoms in total. The van der Waals surface area contributed by atoms with E-state index >= 15 is 0 Å². The van der Waals surface area contributed by atoms with Crippen LogP contribution in [-0.2, 0) is 16.4 Å². The summed E-state index contributed by atoms with van der Waals surface area (Å²) in [6, 6.07) is 1.65. The van der Waals surface area contributed by atoms with Crippen LogP contribution >= 0.6 is 11.3 Å². The maximum Gasteiger partial charge on any atom is 0.247 e. The number of hydrogen-bond donors (Lipinski definition) is 1. The lowest BCUT2D eigenvalue weighted by molar-refractivity contribution is 0.599. The number of sulfonamides is 1. The van der Waals surface area contributed by atoms with Gasteiger partial charge in [-0.05, 0) is 30.9 Å². The average molecular weight is 233 g/mol. The zero-order chi connectivity index (χ0) is 10.9. The summed E-state index contributed by atoms with van der Waals surface area (Å²) in [6.45, 7) is 6.13. The SMILES string of the molecule is Cc1cc(S(N)(=O)=O)sc1CC(C)C. The molecule has 5 heteroatoms. The molecule has 0 bridgehead atoms. The summed E-state index contributed by atoms with van der Waals surface area (Å²) in [7, 11) is -3.52. The lowest BCUT2D eigenvalue weighted by atomic mass is 10.1. The van der Waals surface area contributed by atoms with Gasteiger partial charge in [-0.15, -0.1) is 11.3 Å². The Hall–Kier alpha value is -0.390. The molecule has 0 saturated carbocycles. The first kappa shape index (κ1) is 11.7. The summed E-state index contributed by atoms with van der Waals surface area (Å²) in [4.78, 5) is 1.11. The van der Waals surface area contributed by atoms with Crippen LogP contribution in [0.3, 0.4) is 0 Å². The van der Waals surface area contributed by atoms with Crippen molar-refractivity contribution in [2.24, 2.45) is 11.1 Å². The fourth-order valence-corrected chi connectivity index (χ4v) is 3.42. The molecular weight excluding hydrogens is 218 g/mol. The van der Waals surface area contributed by atoms with Crippen molar-refractivity contribution in [3.05, 3.63) is 16.5 Å². The first-order valence-electron chi connectivity index (χ1n) is 4.43. The zero-order valence-corrected chi connectivity index (χ0v) is 10.2. The molecule has 0 aliphatic heterocycles. The summed E-state index contributed by atoms with van der Waals surface area (Å²) in [5, 5.41) is 5.05. The maximum absolute atomic E-state index is 11.1. The van der Waals surface area contributed by atoms with Gasteiger partial charge in [0.25, 0.3) is 0 Å². The molecule has 1 aromatic rings. The van der Waals surface area contributed by atoms with Crippen LogP contribution in [0, 0.1) is 12.8 Å². The number of primary sulfonamides is 1. The van der Waals surface area contributed by atoms with E-state index in [4.69, 9.17) is 5.14 Å². The van der Waals surface area contributed by atoms with Gasteiger partial charge < -0.3 is 0 Å². The smallest absolute Gasteiger partial charge is 0.224 e. The summed E-state index contributed by atoms with van der Waals surface area (Å²) in [6.07, 6.45) is 0.909. The molecule has 0 aliphatic rings. The molecule has 0 fully saturated rings. The van der Waals surface area contributed by atoms with E-state index in [9.17, 15) is 8.42 Å². The molecule has 0 aliphatic carbocycles. The van der Waals surface area contributed by atoms with Gasteiger partial charge in [0.2, 0.25) is 10.0 Å². The monoisotopic (exact) mass is 233 g/mol. The van der Waals surface area contributed by atoms with Crippen LogP contribution in [0.1, 0.15) is 24.3 Å². The van der Waals surface area contributed by atoms with Crippen molar-refractivity contribution in [2.75, 3.05) is 0 Å². The minimum Gasteiger partial charge on any atom is -0.224 e. The standard InChI is InChI=1S/C9H15NO2S2/c1-6(2)4-8-7(3)5-9(13-8)14(10,11)12/h5-6H,4H2,1-3H3,(H2,10,11,12). The Morgan fingerprint density at radius 3 is 2.43 bits per heavy atom. The Labute approximate surface area is 89.0 Å². The molecular formula is C9H15NO2S2. The van der Waals surface area contributed by atoms with Crippen LogP contribution in [0.2, 0.25) is 0 Å². The molecule has 0 unspecified atom stereocenters. The Bertz CT molecular complexity index is 418. The maximum atomic E-state index is 11.1. The van der Waals surface area contributed by atoms with E-state index in [0.29, 0.717) is 5.92 Å². The largest absolute Gasteiger partial charge is 0.247 e. The number of nitrogens with two attached hydrogens (primary N) is 1. The molecule has 0 saturated heterocycles. The second-order valence-corrected chi connectivity index (χ2v) is 6.74. The normalized spacial score (nSPS) is 12.4. The predicted octanol–water partition coefficient (Wildman–Crippen LogP) is 1.90. The molecule has 1 heterocycles. The highest BCUT2D eigenvalue weighted by Crippen LogP contribution is 2.27. The molecule has 80 valence electrons. The molecule has 0 spiro atoms. The minimum absolute atomic E-state index is 0.269. The Morgan fingerprint density at radius 1 is 1.50 bits per heavy atom.